The molecular weight excluding hydrogens is 264 g/mol. The van der Waals surface area contributed by atoms with Crippen LogP contribution >= 0.6 is 22.9 Å². The molecule has 0 amide bonds. The topological polar surface area (TPSA) is 24.9 Å². The molecule has 0 saturated heterocycles. The number of fused-ring (bicyclic) bond motifs is 1. The van der Waals surface area contributed by atoms with Crippen molar-refractivity contribution in [3.05, 3.63) is 58.6 Å². The third-order valence-electron chi connectivity index (χ3n) is 2.75. The van der Waals surface area contributed by atoms with Crippen LogP contribution in [0, 0.1) is 0 Å². The van der Waals surface area contributed by atoms with Crippen molar-refractivity contribution < 1.29 is 0 Å². The first-order valence-electron chi connectivity index (χ1n) is 5.63. The second kappa shape index (κ2) is 4.96. The van der Waals surface area contributed by atoms with Gasteiger partial charge in [-0.3, -0.25) is 0 Å². The van der Waals surface area contributed by atoms with Gasteiger partial charge in [0.1, 0.15) is 5.82 Å². The minimum atomic E-state index is 0.749. The van der Waals surface area contributed by atoms with Crippen LogP contribution in [0.3, 0.4) is 0 Å². The van der Waals surface area contributed by atoms with Crippen LogP contribution in [0.4, 0.5) is 5.82 Å². The number of aromatic nitrogens is 1. The molecule has 2 aromatic heterocycles. The second-order valence-corrected chi connectivity index (χ2v) is 5.36. The van der Waals surface area contributed by atoms with E-state index in [9.17, 15) is 0 Å². The normalized spacial score (nSPS) is 10.7. The van der Waals surface area contributed by atoms with Gasteiger partial charge in [-0.15, -0.1) is 11.3 Å². The van der Waals surface area contributed by atoms with Crippen molar-refractivity contribution in [1.29, 1.82) is 0 Å². The highest BCUT2D eigenvalue weighted by atomic mass is 35.5. The smallest absolute Gasteiger partial charge is 0.134 e. The molecule has 18 heavy (non-hydrogen) atoms. The molecule has 0 aliphatic heterocycles. The molecule has 0 bridgehead atoms. The molecule has 4 heteroatoms. The summed E-state index contributed by atoms with van der Waals surface area (Å²) in [6.45, 7) is 0.749. The number of pyridine rings is 1. The van der Waals surface area contributed by atoms with E-state index in [1.54, 1.807) is 11.3 Å². The van der Waals surface area contributed by atoms with Crippen LogP contribution in [0.5, 0.6) is 0 Å². The number of hydrogen-bond donors (Lipinski definition) is 1. The molecule has 3 aromatic rings. The zero-order valence-corrected chi connectivity index (χ0v) is 11.1. The summed E-state index contributed by atoms with van der Waals surface area (Å²) in [7, 11) is 0. The predicted octanol–water partition coefficient (Wildman–Crippen LogP) is 4.56. The van der Waals surface area contributed by atoms with Gasteiger partial charge in [-0.25, -0.2) is 4.98 Å². The largest absolute Gasteiger partial charge is 0.365 e. The second-order valence-electron chi connectivity index (χ2n) is 3.97. The molecule has 90 valence electrons. The molecule has 0 atom stereocenters. The summed E-state index contributed by atoms with van der Waals surface area (Å²) >= 11 is 7.59. The Morgan fingerprint density at radius 3 is 2.78 bits per heavy atom. The lowest BCUT2D eigenvalue weighted by molar-refractivity contribution is 1.12. The molecule has 2 heterocycles. The molecule has 2 nitrogen and oxygen atoms in total. The Morgan fingerprint density at radius 1 is 1.11 bits per heavy atom. The zero-order valence-electron chi connectivity index (χ0n) is 9.56. The van der Waals surface area contributed by atoms with Crippen molar-refractivity contribution in [2.45, 2.75) is 6.54 Å². The number of halogens is 1. The van der Waals surface area contributed by atoms with E-state index in [-0.39, 0.29) is 0 Å². The highest BCUT2D eigenvalue weighted by Gasteiger charge is 2.02. The molecule has 0 spiro atoms. The van der Waals surface area contributed by atoms with Gasteiger partial charge in [0, 0.05) is 27.9 Å². The molecule has 0 aliphatic carbocycles. The summed E-state index contributed by atoms with van der Waals surface area (Å²) in [4.78, 5) is 4.38. The first-order chi connectivity index (χ1) is 8.83. The minimum absolute atomic E-state index is 0.749. The fourth-order valence-electron chi connectivity index (χ4n) is 1.82. The molecule has 0 aliphatic rings. The van der Waals surface area contributed by atoms with Gasteiger partial charge < -0.3 is 5.32 Å². The molecule has 1 N–H and O–H groups in total. The number of hydrogen-bond acceptors (Lipinski definition) is 3. The standard InChI is InChI=1S/C14H11ClN2S/c15-11-3-1-10(2-4-11)9-17-14-12-6-8-18-13(12)5-7-16-14/h1-8H,9H2,(H,16,17). The van der Waals surface area contributed by atoms with Crippen molar-refractivity contribution in [3.63, 3.8) is 0 Å². The summed E-state index contributed by atoms with van der Waals surface area (Å²) in [5, 5.41) is 7.38. The van der Waals surface area contributed by atoms with Crippen LogP contribution < -0.4 is 5.32 Å². The predicted molar refractivity (Wildman–Crippen MR) is 78.4 cm³/mol. The van der Waals surface area contributed by atoms with Crippen molar-refractivity contribution in [1.82, 2.24) is 4.98 Å². The van der Waals surface area contributed by atoms with Crippen LogP contribution in [0.25, 0.3) is 10.1 Å². The van der Waals surface area contributed by atoms with E-state index >= 15 is 0 Å². The minimum Gasteiger partial charge on any atom is -0.365 e. The summed E-state index contributed by atoms with van der Waals surface area (Å²) < 4.78 is 1.25. The van der Waals surface area contributed by atoms with Crippen LogP contribution in [0.15, 0.2) is 48.0 Å². The molecule has 0 saturated carbocycles. The van der Waals surface area contributed by atoms with Gasteiger partial charge in [0.05, 0.1) is 0 Å². The van der Waals surface area contributed by atoms with E-state index in [0.29, 0.717) is 0 Å². The number of benzene rings is 1. The van der Waals surface area contributed by atoms with E-state index in [4.69, 9.17) is 11.6 Å². The maximum Gasteiger partial charge on any atom is 0.134 e. The molecule has 0 radical (unpaired) electrons. The SMILES string of the molecule is Clc1ccc(CNc2nccc3sccc23)cc1. The Balaban J connectivity index is 1.80. The van der Waals surface area contributed by atoms with Gasteiger partial charge in [-0.05, 0) is 35.2 Å². The van der Waals surface area contributed by atoms with Gasteiger partial charge in [0.15, 0.2) is 0 Å². The summed E-state index contributed by atoms with van der Waals surface area (Å²) in [5.41, 5.74) is 1.19. The van der Waals surface area contributed by atoms with Gasteiger partial charge in [0.2, 0.25) is 0 Å². The maximum atomic E-state index is 5.86. The van der Waals surface area contributed by atoms with E-state index in [2.05, 4.69) is 21.7 Å². The van der Waals surface area contributed by atoms with Crippen LogP contribution in [-0.2, 0) is 6.54 Å². The highest BCUT2D eigenvalue weighted by molar-refractivity contribution is 7.17. The average Bonchev–Trinajstić information content (AvgIpc) is 2.87. The fourth-order valence-corrected chi connectivity index (χ4v) is 2.73. The van der Waals surface area contributed by atoms with E-state index in [1.165, 1.54) is 15.6 Å². The number of anilines is 1. The summed E-state index contributed by atoms with van der Waals surface area (Å²) in [5.74, 6) is 0.934. The Hall–Kier alpha value is -1.58. The average molecular weight is 275 g/mol. The van der Waals surface area contributed by atoms with Crippen LogP contribution in [0.1, 0.15) is 5.56 Å². The van der Waals surface area contributed by atoms with E-state index < -0.39 is 0 Å². The van der Waals surface area contributed by atoms with Crippen molar-refractivity contribution in [2.75, 3.05) is 5.32 Å². The van der Waals surface area contributed by atoms with Crippen LogP contribution in [-0.4, -0.2) is 4.98 Å². The molecule has 3 rings (SSSR count). The van der Waals surface area contributed by atoms with Gasteiger partial charge in [-0.2, -0.15) is 0 Å². The first kappa shape index (κ1) is 11.5. The van der Waals surface area contributed by atoms with Gasteiger partial charge >= 0.3 is 0 Å². The Labute approximate surface area is 114 Å². The zero-order chi connectivity index (χ0) is 12.4. The highest BCUT2D eigenvalue weighted by Crippen LogP contribution is 2.26. The number of nitrogens with one attached hydrogen (secondary N) is 1. The lowest BCUT2D eigenvalue weighted by Gasteiger charge is -2.06. The molecule has 0 unspecified atom stereocenters. The molecule has 1 aromatic carbocycles. The third-order valence-corrected chi connectivity index (χ3v) is 3.89. The summed E-state index contributed by atoms with van der Waals surface area (Å²) in [6, 6.07) is 12.0. The van der Waals surface area contributed by atoms with E-state index in [0.717, 1.165) is 17.4 Å². The number of nitrogens with zero attached hydrogens (tertiary/aromatic N) is 1. The molecule has 0 fully saturated rings. The van der Waals surface area contributed by atoms with E-state index in [1.807, 2.05) is 36.5 Å². The number of rotatable bonds is 3. The number of thiophene rings is 1. The Kier molecular flexibility index (Phi) is 3.17. The van der Waals surface area contributed by atoms with Crippen molar-refractivity contribution in [2.24, 2.45) is 0 Å². The maximum absolute atomic E-state index is 5.86. The lowest BCUT2D eigenvalue weighted by atomic mass is 10.2. The van der Waals surface area contributed by atoms with Crippen molar-refractivity contribution >= 4 is 38.8 Å². The van der Waals surface area contributed by atoms with Gasteiger partial charge in [-0.1, -0.05) is 23.7 Å². The fraction of sp³-hybridized carbons (Fsp3) is 0.0714. The first-order valence-corrected chi connectivity index (χ1v) is 6.89. The van der Waals surface area contributed by atoms with Crippen LogP contribution in [0.2, 0.25) is 5.02 Å². The summed E-state index contributed by atoms with van der Waals surface area (Å²) in [6.07, 6.45) is 1.84. The Morgan fingerprint density at radius 2 is 1.94 bits per heavy atom. The Bertz CT molecular complexity index is 661. The third kappa shape index (κ3) is 2.33. The quantitative estimate of drug-likeness (QED) is 0.757. The van der Waals surface area contributed by atoms with Crippen molar-refractivity contribution in [3.8, 4) is 0 Å². The van der Waals surface area contributed by atoms with Gasteiger partial charge in [0.25, 0.3) is 0 Å². The lowest BCUT2D eigenvalue weighted by Crippen LogP contribution is -2.01. The molecular formula is C14H11ClN2S. The monoisotopic (exact) mass is 274 g/mol.